The zero-order valence-electron chi connectivity index (χ0n) is 10.4. The third-order valence-electron chi connectivity index (χ3n) is 3.77. The van der Waals surface area contributed by atoms with Crippen molar-refractivity contribution in [3.63, 3.8) is 0 Å². The third-order valence-corrected chi connectivity index (χ3v) is 5.66. The fraction of sp³-hybridized carbons (Fsp3) is 0.533. The SMILES string of the molecule is BrC1CCCCC(Cc2nc3ccccc3s2)C1. The summed E-state index contributed by atoms with van der Waals surface area (Å²) in [6.07, 6.45) is 7.97. The third kappa shape index (κ3) is 2.94. The van der Waals surface area contributed by atoms with Gasteiger partial charge >= 0.3 is 0 Å². The van der Waals surface area contributed by atoms with Crippen molar-refractivity contribution in [1.82, 2.24) is 4.98 Å². The molecule has 3 heteroatoms. The molecular formula is C15H18BrNS. The predicted molar refractivity (Wildman–Crippen MR) is 82.6 cm³/mol. The molecule has 0 N–H and O–H groups in total. The second-order valence-electron chi connectivity index (χ2n) is 5.26. The molecule has 1 saturated carbocycles. The van der Waals surface area contributed by atoms with Crippen LogP contribution in [-0.2, 0) is 6.42 Å². The van der Waals surface area contributed by atoms with Crippen LogP contribution < -0.4 is 0 Å². The maximum atomic E-state index is 4.77. The first-order valence-electron chi connectivity index (χ1n) is 6.80. The van der Waals surface area contributed by atoms with Gasteiger partial charge in [0.2, 0.25) is 0 Å². The number of halogens is 1. The fourth-order valence-electron chi connectivity index (χ4n) is 2.84. The molecule has 0 bridgehead atoms. The Morgan fingerprint density at radius 2 is 2.06 bits per heavy atom. The van der Waals surface area contributed by atoms with Crippen molar-refractivity contribution in [3.05, 3.63) is 29.3 Å². The number of thiazole rings is 1. The van der Waals surface area contributed by atoms with Crippen LogP contribution in [0.4, 0.5) is 0 Å². The van der Waals surface area contributed by atoms with Crippen LogP contribution in [-0.4, -0.2) is 9.81 Å². The maximum Gasteiger partial charge on any atom is 0.0941 e. The molecule has 1 aliphatic rings. The molecule has 1 aromatic heterocycles. The second-order valence-corrected chi connectivity index (χ2v) is 7.67. The average Bonchev–Trinajstić information content (AvgIpc) is 2.65. The molecule has 0 amide bonds. The number of rotatable bonds is 2. The minimum atomic E-state index is 0.722. The summed E-state index contributed by atoms with van der Waals surface area (Å²) in [7, 11) is 0. The van der Waals surface area contributed by atoms with Crippen LogP contribution >= 0.6 is 27.3 Å². The van der Waals surface area contributed by atoms with Crippen LogP contribution in [0.25, 0.3) is 10.2 Å². The van der Waals surface area contributed by atoms with Crippen molar-refractivity contribution < 1.29 is 0 Å². The molecule has 2 atom stereocenters. The van der Waals surface area contributed by atoms with Crippen LogP contribution in [0.1, 0.15) is 37.1 Å². The Bertz CT molecular complexity index is 489. The molecule has 2 aromatic rings. The van der Waals surface area contributed by atoms with E-state index in [0.29, 0.717) is 0 Å². The predicted octanol–water partition coefficient (Wildman–Crippen LogP) is 5.18. The molecule has 2 unspecified atom stereocenters. The van der Waals surface area contributed by atoms with Gasteiger partial charge in [0.15, 0.2) is 0 Å². The van der Waals surface area contributed by atoms with E-state index in [2.05, 4.69) is 40.2 Å². The Balaban J connectivity index is 1.74. The van der Waals surface area contributed by atoms with E-state index in [-0.39, 0.29) is 0 Å². The van der Waals surface area contributed by atoms with E-state index in [1.165, 1.54) is 53.7 Å². The van der Waals surface area contributed by atoms with E-state index in [1.807, 2.05) is 11.3 Å². The lowest BCUT2D eigenvalue weighted by Crippen LogP contribution is -2.08. The lowest BCUT2D eigenvalue weighted by Gasteiger charge is -2.14. The van der Waals surface area contributed by atoms with Gasteiger partial charge in [0.05, 0.1) is 15.2 Å². The molecule has 0 aliphatic heterocycles. The van der Waals surface area contributed by atoms with Gasteiger partial charge in [-0.25, -0.2) is 4.98 Å². The first-order chi connectivity index (χ1) is 8.81. The van der Waals surface area contributed by atoms with Crippen LogP contribution in [0.15, 0.2) is 24.3 Å². The van der Waals surface area contributed by atoms with E-state index in [0.717, 1.165) is 10.7 Å². The van der Waals surface area contributed by atoms with Gasteiger partial charge in [0.25, 0.3) is 0 Å². The average molecular weight is 324 g/mol. The van der Waals surface area contributed by atoms with E-state index in [1.54, 1.807) is 0 Å². The highest BCUT2D eigenvalue weighted by Gasteiger charge is 2.19. The lowest BCUT2D eigenvalue weighted by molar-refractivity contribution is 0.463. The smallest absolute Gasteiger partial charge is 0.0941 e. The second kappa shape index (κ2) is 5.70. The van der Waals surface area contributed by atoms with Gasteiger partial charge in [0, 0.05) is 11.2 Å². The van der Waals surface area contributed by atoms with E-state index >= 15 is 0 Å². The van der Waals surface area contributed by atoms with Gasteiger partial charge in [-0.3, -0.25) is 0 Å². The van der Waals surface area contributed by atoms with Gasteiger partial charge in [-0.2, -0.15) is 0 Å². The molecular weight excluding hydrogens is 306 g/mol. The molecule has 1 nitrogen and oxygen atoms in total. The van der Waals surface area contributed by atoms with E-state index in [4.69, 9.17) is 4.98 Å². The van der Waals surface area contributed by atoms with Gasteiger partial charge in [-0.15, -0.1) is 11.3 Å². The Hall–Kier alpha value is -0.410. The number of fused-ring (bicyclic) bond motifs is 1. The summed E-state index contributed by atoms with van der Waals surface area (Å²) in [5.41, 5.74) is 1.17. The van der Waals surface area contributed by atoms with Crippen molar-refractivity contribution in [2.45, 2.75) is 43.4 Å². The standard InChI is InChI=1S/C15H18BrNS/c16-12-6-2-1-5-11(9-12)10-15-17-13-7-3-4-8-14(13)18-15/h3-4,7-8,11-12H,1-2,5-6,9-10H2. The number of aromatic nitrogens is 1. The quantitative estimate of drug-likeness (QED) is 0.548. The molecule has 18 heavy (non-hydrogen) atoms. The normalized spacial score (nSPS) is 25.2. The topological polar surface area (TPSA) is 12.9 Å². The van der Waals surface area contributed by atoms with Gasteiger partial charge in [0.1, 0.15) is 0 Å². The van der Waals surface area contributed by atoms with Crippen molar-refractivity contribution in [2.24, 2.45) is 5.92 Å². The van der Waals surface area contributed by atoms with Crippen molar-refractivity contribution in [1.29, 1.82) is 0 Å². The highest BCUT2D eigenvalue weighted by atomic mass is 79.9. The summed E-state index contributed by atoms with van der Waals surface area (Å²) in [6, 6.07) is 8.48. The highest BCUT2D eigenvalue weighted by molar-refractivity contribution is 9.09. The van der Waals surface area contributed by atoms with Crippen LogP contribution in [0, 0.1) is 5.92 Å². The van der Waals surface area contributed by atoms with E-state index in [9.17, 15) is 0 Å². The zero-order chi connectivity index (χ0) is 12.4. The monoisotopic (exact) mass is 323 g/mol. The molecule has 1 heterocycles. The highest BCUT2D eigenvalue weighted by Crippen LogP contribution is 2.32. The number of alkyl halides is 1. The van der Waals surface area contributed by atoms with Gasteiger partial charge in [-0.1, -0.05) is 47.3 Å². The summed E-state index contributed by atoms with van der Waals surface area (Å²) < 4.78 is 1.33. The fourth-order valence-corrected chi connectivity index (χ4v) is 4.77. The van der Waals surface area contributed by atoms with Crippen molar-refractivity contribution in [3.8, 4) is 0 Å². The molecule has 0 spiro atoms. The summed E-state index contributed by atoms with van der Waals surface area (Å²) in [4.78, 5) is 5.49. The molecule has 1 fully saturated rings. The maximum absolute atomic E-state index is 4.77. The van der Waals surface area contributed by atoms with Crippen LogP contribution in [0.5, 0.6) is 0 Å². The summed E-state index contributed by atoms with van der Waals surface area (Å²) >= 11 is 5.68. The summed E-state index contributed by atoms with van der Waals surface area (Å²) in [5.74, 6) is 0.817. The minimum absolute atomic E-state index is 0.722. The van der Waals surface area contributed by atoms with Gasteiger partial charge < -0.3 is 0 Å². The summed E-state index contributed by atoms with van der Waals surface area (Å²) in [5, 5.41) is 1.32. The molecule has 1 aliphatic carbocycles. The van der Waals surface area contributed by atoms with E-state index < -0.39 is 0 Å². The number of hydrogen-bond donors (Lipinski definition) is 0. The van der Waals surface area contributed by atoms with Crippen LogP contribution in [0.2, 0.25) is 0 Å². The molecule has 1 aromatic carbocycles. The molecule has 0 radical (unpaired) electrons. The molecule has 96 valence electrons. The molecule has 0 saturated heterocycles. The Morgan fingerprint density at radius 3 is 2.94 bits per heavy atom. The lowest BCUT2D eigenvalue weighted by atomic mass is 9.97. The van der Waals surface area contributed by atoms with Crippen molar-refractivity contribution >= 4 is 37.5 Å². The Morgan fingerprint density at radius 1 is 1.22 bits per heavy atom. The number of para-hydroxylation sites is 1. The first-order valence-corrected chi connectivity index (χ1v) is 8.53. The number of benzene rings is 1. The zero-order valence-corrected chi connectivity index (χ0v) is 12.8. The number of hydrogen-bond acceptors (Lipinski definition) is 2. The largest absolute Gasteiger partial charge is 0.241 e. The Kier molecular flexibility index (Phi) is 4.00. The minimum Gasteiger partial charge on any atom is -0.241 e. The van der Waals surface area contributed by atoms with Crippen LogP contribution in [0.3, 0.4) is 0 Å². The van der Waals surface area contributed by atoms with Gasteiger partial charge in [-0.05, 0) is 30.9 Å². The summed E-state index contributed by atoms with van der Waals surface area (Å²) in [6.45, 7) is 0. The Labute approximate surface area is 121 Å². The molecule has 3 rings (SSSR count). The first kappa shape index (κ1) is 12.6. The van der Waals surface area contributed by atoms with Crippen molar-refractivity contribution in [2.75, 3.05) is 0 Å². The number of nitrogens with zero attached hydrogens (tertiary/aromatic N) is 1.